The number of Topliss-reactive ketones (excluding diaryl/α,β-unsaturated/α-hetero) is 1. The summed E-state index contributed by atoms with van der Waals surface area (Å²) >= 11 is 1.33. The van der Waals surface area contributed by atoms with Crippen molar-refractivity contribution in [2.45, 2.75) is 20.4 Å². The Hall–Kier alpha value is -1.69. The SMILES string of the molecule is CC(=O)c1c(C)nsc1NCCn1ccnc1. The van der Waals surface area contributed by atoms with E-state index in [0.29, 0.717) is 5.56 Å². The number of hydrogen-bond acceptors (Lipinski definition) is 5. The van der Waals surface area contributed by atoms with Crippen LogP contribution >= 0.6 is 11.5 Å². The smallest absolute Gasteiger partial charge is 0.164 e. The van der Waals surface area contributed by atoms with Crippen molar-refractivity contribution in [3.63, 3.8) is 0 Å². The summed E-state index contributed by atoms with van der Waals surface area (Å²) < 4.78 is 6.17. The number of rotatable bonds is 5. The molecule has 5 nitrogen and oxygen atoms in total. The van der Waals surface area contributed by atoms with Crippen LogP contribution in [-0.4, -0.2) is 26.3 Å². The van der Waals surface area contributed by atoms with E-state index in [-0.39, 0.29) is 5.78 Å². The monoisotopic (exact) mass is 250 g/mol. The van der Waals surface area contributed by atoms with Crippen LogP contribution in [0.2, 0.25) is 0 Å². The van der Waals surface area contributed by atoms with Crippen LogP contribution in [0.1, 0.15) is 23.0 Å². The van der Waals surface area contributed by atoms with Crippen molar-refractivity contribution in [2.75, 3.05) is 11.9 Å². The molecule has 2 aromatic rings. The first-order valence-corrected chi connectivity index (χ1v) is 6.12. The number of ketones is 1. The first kappa shape index (κ1) is 11.8. The predicted molar refractivity (Wildman–Crippen MR) is 67.6 cm³/mol. The Labute approximate surface area is 104 Å². The Balaban J connectivity index is 1.97. The van der Waals surface area contributed by atoms with Crippen LogP contribution in [0.3, 0.4) is 0 Å². The highest BCUT2D eigenvalue weighted by molar-refractivity contribution is 7.10. The number of carbonyl (C=O) groups excluding carboxylic acids is 1. The third-order valence-corrected chi connectivity index (χ3v) is 3.33. The average Bonchev–Trinajstić information content (AvgIpc) is 2.88. The Morgan fingerprint density at radius 1 is 1.59 bits per heavy atom. The number of nitrogens with one attached hydrogen (secondary N) is 1. The van der Waals surface area contributed by atoms with Gasteiger partial charge in [-0.1, -0.05) is 0 Å². The number of nitrogens with zero attached hydrogens (tertiary/aromatic N) is 3. The normalized spacial score (nSPS) is 10.5. The molecule has 2 rings (SSSR count). The summed E-state index contributed by atoms with van der Waals surface area (Å²) in [5.41, 5.74) is 1.51. The van der Waals surface area contributed by atoms with E-state index >= 15 is 0 Å². The lowest BCUT2D eigenvalue weighted by molar-refractivity contribution is 0.101. The summed E-state index contributed by atoms with van der Waals surface area (Å²) in [6, 6.07) is 0. The molecule has 2 aromatic heterocycles. The highest BCUT2D eigenvalue weighted by Crippen LogP contribution is 2.24. The van der Waals surface area contributed by atoms with Gasteiger partial charge in [0.15, 0.2) is 5.78 Å². The minimum atomic E-state index is 0.0568. The van der Waals surface area contributed by atoms with Crippen molar-refractivity contribution >= 4 is 22.3 Å². The van der Waals surface area contributed by atoms with Gasteiger partial charge in [0.1, 0.15) is 5.00 Å². The summed E-state index contributed by atoms with van der Waals surface area (Å²) in [6.45, 7) is 4.98. The highest BCUT2D eigenvalue weighted by atomic mass is 32.1. The molecule has 0 saturated carbocycles. The van der Waals surface area contributed by atoms with Crippen LogP contribution < -0.4 is 5.32 Å². The first-order chi connectivity index (χ1) is 8.18. The van der Waals surface area contributed by atoms with Crippen molar-refractivity contribution < 1.29 is 4.79 Å². The third-order valence-electron chi connectivity index (χ3n) is 2.43. The summed E-state index contributed by atoms with van der Waals surface area (Å²) in [4.78, 5) is 15.4. The van der Waals surface area contributed by atoms with Crippen LogP contribution in [0.5, 0.6) is 0 Å². The second kappa shape index (κ2) is 5.09. The van der Waals surface area contributed by atoms with Gasteiger partial charge in [-0.2, -0.15) is 4.37 Å². The van der Waals surface area contributed by atoms with Crippen molar-refractivity contribution in [1.29, 1.82) is 0 Å². The maximum Gasteiger partial charge on any atom is 0.164 e. The zero-order valence-corrected chi connectivity index (χ0v) is 10.6. The Kier molecular flexibility index (Phi) is 3.53. The molecule has 2 heterocycles. The lowest BCUT2D eigenvalue weighted by Gasteiger charge is -2.05. The number of hydrogen-bond donors (Lipinski definition) is 1. The number of anilines is 1. The van der Waals surface area contributed by atoms with Gasteiger partial charge in [0.25, 0.3) is 0 Å². The molecular formula is C11H14N4OS. The van der Waals surface area contributed by atoms with Crippen LogP contribution in [0.15, 0.2) is 18.7 Å². The average molecular weight is 250 g/mol. The van der Waals surface area contributed by atoms with Gasteiger partial charge in [-0.15, -0.1) is 0 Å². The summed E-state index contributed by atoms with van der Waals surface area (Å²) in [5.74, 6) is 0.0568. The lowest BCUT2D eigenvalue weighted by atomic mass is 10.2. The van der Waals surface area contributed by atoms with Crippen LogP contribution in [0.25, 0.3) is 0 Å². The fourth-order valence-corrected chi connectivity index (χ4v) is 2.49. The quantitative estimate of drug-likeness (QED) is 0.824. The number of aromatic nitrogens is 3. The van der Waals surface area contributed by atoms with Crippen molar-refractivity contribution in [1.82, 2.24) is 13.9 Å². The number of carbonyl (C=O) groups is 1. The molecule has 0 aliphatic carbocycles. The van der Waals surface area contributed by atoms with E-state index in [4.69, 9.17) is 0 Å². The van der Waals surface area contributed by atoms with Gasteiger partial charge in [0.05, 0.1) is 17.6 Å². The van der Waals surface area contributed by atoms with E-state index < -0.39 is 0 Å². The predicted octanol–water partition coefficient (Wildman–Crippen LogP) is 1.96. The molecule has 90 valence electrons. The van der Waals surface area contributed by atoms with E-state index in [9.17, 15) is 4.79 Å². The molecule has 0 atom stereocenters. The highest BCUT2D eigenvalue weighted by Gasteiger charge is 2.13. The molecule has 0 spiro atoms. The van der Waals surface area contributed by atoms with Crippen molar-refractivity contribution in [3.05, 3.63) is 30.0 Å². The largest absolute Gasteiger partial charge is 0.373 e. The molecule has 17 heavy (non-hydrogen) atoms. The number of imidazole rings is 1. The van der Waals surface area contributed by atoms with Crippen LogP contribution in [0, 0.1) is 6.92 Å². The van der Waals surface area contributed by atoms with E-state index in [1.807, 2.05) is 17.7 Å². The summed E-state index contributed by atoms with van der Waals surface area (Å²) in [7, 11) is 0. The molecule has 0 radical (unpaired) electrons. The van der Waals surface area contributed by atoms with Gasteiger partial charge in [-0.05, 0) is 25.4 Å². The summed E-state index contributed by atoms with van der Waals surface area (Å²) in [6.07, 6.45) is 5.43. The topological polar surface area (TPSA) is 59.8 Å². The molecule has 0 aliphatic heterocycles. The van der Waals surface area contributed by atoms with E-state index in [0.717, 1.165) is 23.8 Å². The Morgan fingerprint density at radius 3 is 3.06 bits per heavy atom. The van der Waals surface area contributed by atoms with Gasteiger partial charge < -0.3 is 9.88 Å². The van der Waals surface area contributed by atoms with Gasteiger partial charge in [-0.25, -0.2) is 4.98 Å². The molecule has 0 aromatic carbocycles. The molecule has 0 unspecified atom stereocenters. The minimum Gasteiger partial charge on any atom is -0.373 e. The molecule has 0 aliphatic rings. The second-order valence-electron chi connectivity index (χ2n) is 3.76. The van der Waals surface area contributed by atoms with E-state index in [1.165, 1.54) is 11.5 Å². The van der Waals surface area contributed by atoms with Crippen LogP contribution in [-0.2, 0) is 6.54 Å². The first-order valence-electron chi connectivity index (χ1n) is 5.35. The molecule has 0 saturated heterocycles. The molecule has 0 amide bonds. The van der Waals surface area contributed by atoms with E-state index in [2.05, 4.69) is 14.7 Å². The van der Waals surface area contributed by atoms with Gasteiger partial charge in [0, 0.05) is 25.5 Å². The molecule has 6 heteroatoms. The fourth-order valence-electron chi connectivity index (χ4n) is 1.62. The van der Waals surface area contributed by atoms with Gasteiger partial charge >= 0.3 is 0 Å². The minimum absolute atomic E-state index is 0.0568. The third kappa shape index (κ3) is 2.71. The lowest BCUT2D eigenvalue weighted by Crippen LogP contribution is -2.10. The van der Waals surface area contributed by atoms with Crippen LogP contribution in [0.4, 0.5) is 5.00 Å². The van der Waals surface area contributed by atoms with Crippen molar-refractivity contribution in [2.24, 2.45) is 0 Å². The van der Waals surface area contributed by atoms with Gasteiger partial charge in [-0.3, -0.25) is 4.79 Å². The fraction of sp³-hybridized carbons (Fsp3) is 0.364. The van der Waals surface area contributed by atoms with Gasteiger partial charge in [0.2, 0.25) is 0 Å². The van der Waals surface area contributed by atoms with E-state index in [1.54, 1.807) is 19.4 Å². The standard InChI is InChI=1S/C11H14N4OS/c1-8-10(9(2)16)11(17-14-8)13-4-6-15-5-3-12-7-15/h3,5,7,13H,4,6H2,1-2H3. The Bertz CT molecular complexity index is 504. The zero-order valence-electron chi connectivity index (χ0n) is 9.80. The number of aryl methyl sites for hydroxylation is 1. The molecular weight excluding hydrogens is 236 g/mol. The second-order valence-corrected chi connectivity index (χ2v) is 4.53. The molecule has 0 bridgehead atoms. The summed E-state index contributed by atoms with van der Waals surface area (Å²) in [5, 5.41) is 4.10. The maximum absolute atomic E-state index is 11.5. The van der Waals surface area contributed by atoms with Crippen molar-refractivity contribution in [3.8, 4) is 0 Å². The zero-order chi connectivity index (χ0) is 12.3. The molecule has 0 fully saturated rings. The molecule has 1 N–H and O–H groups in total. The Morgan fingerprint density at radius 2 is 2.41 bits per heavy atom. The maximum atomic E-state index is 11.5.